The van der Waals surface area contributed by atoms with Crippen molar-refractivity contribution in [2.24, 2.45) is 0 Å². The predicted octanol–water partition coefficient (Wildman–Crippen LogP) is 1.37. The first-order chi connectivity index (χ1) is 13.2. The van der Waals surface area contributed by atoms with Crippen LogP contribution >= 0.6 is 0 Å². The van der Waals surface area contributed by atoms with Gasteiger partial charge in [-0.3, -0.25) is 9.89 Å². The summed E-state index contributed by atoms with van der Waals surface area (Å²) in [6.45, 7) is 1.61. The summed E-state index contributed by atoms with van der Waals surface area (Å²) in [7, 11) is 1.62. The monoisotopic (exact) mass is 367 g/mol. The number of benzene rings is 1. The number of methoxy groups -OCH3 is 1. The number of rotatable bonds is 6. The van der Waals surface area contributed by atoms with Crippen molar-refractivity contribution in [1.29, 1.82) is 0 Å². The molecule has 140 valence electrons. The molecule has 0 bridgehead atoms. The SMILES string of the molecule is COc1cccc(-c2ccc(=O)n(C3COCC3NCc3cn[nH]c3)n2)c1. The van der Waals surface area contributed by atoms with Crippen LogP contribution in [0.25, 0.3) is 11.3 Å². The molecule has 3 heterocycles. The Kier molecular flexibility index (Phi) is 4.99. The number of ether oxygens (including phenoxy) is 2. The lowest BCUT2D eigenvalue weighted by Gasteiger charge is -2.20. The fourth-order valence-corrected chi connectivity index (χ4v) is 3.20. The fourth-order valence-electron chi connectivity index (χ4n) is 3.20. The molecule has 2 aromatic heterocycles. The summed E-state index contributed by atoms with van der Waals surface area (Å²) >= 11 is 0. The largest absolute Gasteiger partial charge is 0.497 e. The van der Waals surface area contributed by atoms with Gasteiger partial charge in [-0.1, -0.05) is 12.1 Å². The lowest BCUT2D eigenvalue weighted by Crippen LogP contribution is -2.41. The summed E-state index contributed by atoms with van der Waals surface area (Å²) in [5, 5.41) is 14.8. The van der Waals surface area contributed by atoms with Crippen molar-refractivity contribution in [2.75, 3.05) is 20.3 Å². The minimum Gasteiger partial charge on any atom is -0.497 e. The Balaban J connectivity index is 1.59. The van der Waals surface area contributed by atoms with Crippen molar-refractivity contribution in [3.05, 3.63) is 64.7 Å². The lowest BCUT2D eigenvalue weighted by molar-refractivity contribution is 0.181. The molecule has 0 saturated carbocycles. The van der Waals surface area contributed by atoms with Crippen molar-refractivity contribution in [3.8, 4) is 17.0 Å². The summed E-state index contributed by atoms with van der Waals surface area (Å²) in [6.07, 6.45) is 3.61. The molecule has 2 N–H and O–H groups in total. The minimum absolute atomic E-state index is 0.00865. The highest BCUT2D eigenvalue weighted by atomic mass is 16.5. The van der Waals surface area contributed by atoms with E-state index < -0.39 is 0 Å². The van der Waals surface area contributed by atoms with Crippen LogP contribution in [-0.4, -0.2) is 46.3 Å². The first-order valence-electron chi connectivity index (χ1n) is 8.77. The Labute approximate surface area is 156 Å². The topological polar surface area (TPSA) is 94.1 Å². The molecule has 4 rings (SSSR count). The minimum atomic E-state index is -0.171. The molecule has 1 fully saturated rings. The quantitative estimate of drug-likeness (QED) is 0.683. The molecular weight excluding hydrogens is 346 g/mol. The molecule has 0 aliphatic carbocycles. The van der Waals surface area contributed by atoms with Crippen LogP contribution in [0.15, 0.2) is 53.6 Å². The van der Waals surface area contributed by atoms with Crippen LogP contribution in [0.1, 0.15) is 11.6 Å². The van der Waals surface area contributed by atoms with E-state index in [0.29, 0.717) is 25.5 Å². The van der Waals surface area contributed by atoms with Crippen molar-refractivity contribution in [2.45, 2.75) is 18.6 Å². The van der Waals surface area contributed by atoms with E-state index in [2.05, 4.69) is 20.6 Å². The summed E-state index contributed by atoms with van der Waals surface area (Å²) in [5.41, 5.74) is 2.51. The molecule has 2 unspecified atom stereocenters. The zero-order chi connectivity index (χ0) is 18.6. The first kappa shape index (κ1) is 17.4. The molecule has 1 aromatic carbocycles. The molecule has 0 radical (unpaired) electrons. The number of hydrogen-bond acceptors (Lipinski definition) is 6. The highest BCUT2D eigenvalue weighted by Crippen LogP contribution is 2.23. The number of aromatic nitrogens is 4. The molecule has 0 amide bonds. The second kappa shape index (κ2) is 7.73. The third kappa shape index (κ3) is 3.76. The Hall–Kier alpha value is -2.97. The first-order valence-corrected chi connectivity index (χ1v) is 8.77. The van der Waals surface area contributed by atoms with E-state index in [1.807, 2.05) is 30.5 Å². The average molecular weight is 367 g/mol. The van der Waals surface area contributed by atoms with Crippen LogP contribution in [0.3, 0.4) is 0 Å². The van der Waals surface area contributed by atoms with E-state index in [1.54, 1.807) is 25.4 Å². The molecule has 2 atom stereocenters. The maximum absolute atomic E-state index is 12.5. The lowest BCUT2D eigenvalue weighted by atomic mass is 10.1. The highest BCUT2D eigenvalue weighted by molar-refractivity contribution is 5.60. The Morgan fingerprint density at radius 3 is 3.07 bits per heavy atom. The Morgan fingerprint density at radius 1 is 1.33 bits per heavy atom. The van der Waals surface area contributed by atoms with Gasteiger partial charge in [-0.05, 0) is 18.2 Å². The van der Waals surface area contributed by atoms with Crippen molar-refractivity contribution in [1.82, 2.24) is 25.3 Å². The molecule has 0 spiro atoms. The van der Waals surface area contributed by atoms with E-state index in [9.17, 15) is 4.79 Å². The molecule has 1 saturated heterocycles. The number of H-pyrrole nitrogens is 1. The van der Waals surface area contributed by atoms with Gasteiger partial charge in [0.15, 0.2) is 0 Å². The van der Waals surface area contributed by atoms with Gasteiger partial charge in [0.25, 0.3) is 5.56 Å². The van der Waals surface area contributed by atoms with Gasteiger partial charge in [0.05, 0.1) is 44.3 Å². The van der Waals surface area contributed by atoms with E-state index in [0.717, 1.165) is 16.9 Å². The van der Waals surface area contributed by atoms with Gasteiger partial charge >= 0.3 is 0 Å². The Bertz CT molecular complexity index is 954. The van der Waals surface area contributed by atoms with Gasteiger partial charge in [0, 0.05) is 29.9 Å². The smallest absolute Gasteiger partial charge is 0.267 e. The zero-order valence-electron chi connectivity index (χ0n) is 15.0. The van der Waals surface area contributed by atoms with Crippen molar-refractivity contribution >= 4 is 0 Å². The maximum atomic E-state index is 12.5. The third-order valence-corrected chi connectivity index (χ3v) is 4.68. The molecular formula is C19H21N5O3. The standard InChI is InChI=1S/C19H21N5O3/c1-26-15-4-2-3-14(7-15)16-5-6-19(25)24(23-16)18-12-27-11-17(18)20-8-13-9-21-22-10-13/h2-7,9-10,17-18,20H,8,11-12H2,1H3,(H,21,22). The van der Waals surface area contributed by atoms with Gasteiger partial charge in [-0.2, -0.15) is 10.2 Å². The second-order valence-electron chi connectivity index (χ2n) is 6.43. The molecule has 1 aliphatic heterocycles. The molecule has 8 nitrogen and oxygen atoms in total. The van der Waals surface area contributed by atoms with Crippen LogP contribution < -0.4 is 15.6 Å². The highest BCUT2D eigenvalue weighted by Gasteiger charge is 2.31. The van der Waals surface area contributed by atoms with Crippen LogP contribution in [0.2, 0.25) is 0 Å². The average Bonchev–Trinajstić information content (AvgIpc) is 3.38. The van der Waals surface area contributed by atoms with Crippen LogP contribution in [-0.2, 0) is 11.3 Å². The number of nitrogens with one attached hydrogen (secondary N) is 2. The van der Waals surface area contributed by atoms with Crippen molar-refractivity contribution in [3.63, 3.8) is 0 Å². The third-order valence-electron chi connectivity index (χ3n) is 4.68. The maximum Gasteiger partial charge on any atom is 0.267 e. The second-order valence-corrected chi connectivity index (χ2v) is 6.43. The van der Waals surface area contributed by atoms with Crippen molar-refractivity contribution < 1.29 is 9.47 Å². The van der Waals surface area contributed by atoms with Gasteiger partial charge in [0.2, 0.25) is 0 Å². The number of aromatic amines is 1. The van der Waals surface area contributed by atoms with Gasteiger partial charge in [-0.25, -0.2) is 4.68 Å². The fraction of sp³-hybridized carbons (Fsp3) is 0.316. The Morgan fingerprint density at radius 2 is 2.26 bits per heavy atom. The summed E-state index contributed by atoms with van der Waals surface area (Å²) in [6, 6.07) is 10.7. The zero-order valence-corrected chi connectivity index (χ0v) is 15.0. The van der Waals surface area contributed by atoms with Gasteiger partial charge in [0.1, 0.15) is 5.75 Å². The normalized spacial score (nSPS) is 19.3. The summed E-state index contributed by atoms with van der Waals surface area (Å²) in [5.74, 6) is 0.746. The number of nitrogens with zero attached hydrogens (tertiary/aromatic N) is 3. The predicted molar refractivity (Wildman–Crippen MR) is 99.6 cm³/mol. The van der Waals surface area contributed by atoms with E-state index in [1.165, 1.54) is 4.68 Å². The summed E-state index contributed by atoms with van der Waals surface area (Å²) in [4.78, 5) is 12.5. The van der Waals surface area contributed by atoms with Crippen LogP contribution in [0, 0.1) is 0 Å². The number of hydrogen-bond donors (Lipinski definition) is 2. The van der Waals surface area contributed by atoms with Crippen LogP contribution in [0.4, 0.5) is 0 Å². The van der Waals surface area contributed by atoms with Gasteiger partial charge in [-0.15, -0.1) is 0 Å². The van der Waals surface area contributed by atoms with Gasteiger partial charge < -0.3 is 14.8 Å². The van der Waals surface area contributed by atoms with E-state index in [4.69, 9.17) is 9.47 Å². The van der Waals surface area contributed by atoms with E-state index >= 15 is 0 Å². The molecule has 1 aliphatic rings. The summed E-state index contributed by atoms with van der Waals surface area (Å²) < 4.78 is 12.4. The van der Waals surface area contributed by atoms with E-state index in [-0.39, 0.29) is 17.6 Å². The molecule has 27 heavy (non-hydrogen) atoms. The van der Waals surface area contributed by atoms with Crippen LogP contribution in [0.5, 0.6) is 5.75 Å². The molecule has 3 aromatic rings. The molecule has 8 heteroatoms.